The number of nitrogens with two attached hydrogens (primary N) is 1. The van der Waals surface area contributed by atoms with Gasteiger partial charge in [0.2, 0.25) is 0 Å². The van der Waals surface area contributed by atoms with Crippen LogP contribution in [0.2, 0.25) is 0 Å². The van der Waals surface area contributed by atoms with E-state index in [1.165, 1.54) is 0 Å². The van der Waals surface area contributed by atoms with E-state index >= 15 is 0 Å². The third-order valence-electron chi connectivity index (χ3n) is 2.55. The van der Waals surface area contributed by atoms with E-state index in [1.54, 1.807) is 12.5 Å². The lowest BCUT2D eigenvalue weighted by molar-refractivity contribution is 0.909. The van der Waals surface area contributed by atoms with E-state index in [2.05, 4.69) is 22.0 Å². The molecule has 0 radical (unpaired) electrons. The largest absolute Gasteiger partial charge is 0.378 e. The molecular weight excluding hydrogens is 200 g/mol. The van der Waals surface area contributed by atoms with Gasteiger partial charge < -0.3 is 15.2 Å². The van der Waals surface area contributed by atoms with Gasteiger partial charge in [-0.1, -0.05) is 6.07 Å². The van der Waals surface area contributed by atoms with Crippen molar-refractivity contribution in [2.24, 2.45) is 5.73 Å². The van der Waals surface area contributed by atoms with E-state index in [0.717, 1.165) is 17.1 Å². The molecule has 0 bridgehead atoms. The zero-order chi connectivity index (χ0) is 11.5. The Bertz CT molecular complexity index is 473. The highest BCUT2D eigenvalue weighted by Gasteiger charge is 2.03. The Morgan fingerprint density at radius 1 is 1.38 bits per heavy atom. The average Bonchev–Trinajstić information content (AvgIpc) is 2.77. The molecule has 0 aliphatic rings. The molecule has 2 aromatic rings. The molecule has 0 fully saturated rings. The number of benzene rings is 1. The predicted octanol–water partition coefficient (Wildman–Crippen LogP) is 1.40. The molecule has 84 valence electrons. The summed E-state index contributed by atoms with van der Waals surface area (Å²) in [5.74, 6) is 0. The van der Waals surface area contributed by atoms with E-state index < -0.39 is 0 Å². The van der Waals surface area contributed by atoms with Crippen molar-refractivity contribution >= 4 is 5.69 Å². The molecule has 0 spiro atoms. The third kappa shape index (κ3) is 1.92. The zero-order valence-corrected chi connectivity index (χ0v) is 9.59. The quantitative estimate of drug-likeness (QED) is 0.843. The van der Waals surface area contributed by atoms with Crippen molar-refractivity contribution in [2.45, 2.75) is 6.54 Å². The number of rotatable bonds is 3. The molecule has 4 nitrogen and oxygen atoms in total. The summed E-state index contributed by atoms with van der Waals surface area (Å²) in [5.41, 5.74) is 8.92. The lowest BCUT2D eigenvalue weighted by Crippen LogP contribution is -2.10. The number of nitrogens with zero attached hydrogens (tertiary/aromatic N) is 3. The molecule has 16 heavy (non-hydrogen) atoms. The normalized spacial score (nSPS) is 10.4. The molecule has 1 aromatic heterocycles. The van der Waals surface area contributed by atoms with Gasteiger partial charge in [-0.15, -0.1) is 0 Å². The maximum atomic E-state index is 5.66. The lowest BCUT2D eigenvalue weighted by Gasteiger charge is -2.14. The SMILES string of the molecule is CN(C)c1cccc(-n2cncc2CN)c1. The summed E-state index contributed by atoms with van der Waals surface area (Å²) in [5, 5.41) is 0. The summed E-state index contributed by atoms with van der Waals surface area (Å²) in [6.07, 6.45) is 3.58. The third-order valence-corrected chi connectivity index (χ3v) is 2.55. The van der Waals surface area contributed by atoms with Crippen LogP contribution in [-0.4, -0.2) is 23.6 Å². The van der Waals surface area contributed by atoms with Crippen molar-refractivity contribution in [2.75, 3.05) is 19.0 Å². The highest BCUT2D eigenvalue weighted by atomic mass is 15.1. The second kappa shape index (κ2) is 4.37. The fourth-order valence-corrected chi connectivity index (χ4v) is 1.63. The van der Waals surface area contributed by atoms with Crippen molar-refractivity contribution in [3.05, 3.63) is 42.5 Å². The number of hydrogen-bond acceptors (Lipinski definition) is 3. The monoisotopic (exact) mass is 216 g/mol. The maximum Gasteiger partial charge on any atom is 0.0994 e. The number of hydrogen-bond donors (Lipinski definition) is 1. The summed E-state index contributed by atoms with van der Waals surface area (Å²) in [4.78, 5) is 6.19. The first-order chi connectivity index (χ1) is 7.72. The van der Waals surface area contributed by atoms with E-state index in [1.807, 2.05) is 30.8 Å². The predicted molar refractivity (Wildman–Crippen MR) is 65.8 cm³/mol. The minimum absolute atomic E-state index is 0.492. The fourth-order valence-electron chi connectivity index (χ4n) is 1.63. The summed E-state index contributed by atoms with van der Waals surface area (Å²) >= 11 is 0. The van der Waals surface area contributed by atoms with Crippen LogP contribution < -0.4 is 10.6 Å². The molecule has 0 aliphatic carbocycles. The van der Waals surface area contributed by atoms with Crippen LogP contribution in [0.5, 0.6) is 0 Å². The van der Waals surface area contributed by atoms with Crippen LogP contribution in [0.15, 0.2) is 36.8 Å². The molecule has 0 saturated heterocycles. The Labute approximate surface area is 95.3 Å². The molecule has 0 unspecified atom stereocenters. The van der Waals surface area contributed by atoms with Crippen LogP contribution in [0.25, 0.3) is 5.69 Å². The number of anilines is 1. The molecule has 1 heterocycles. The smallest absolute Gasteiger partial charge is 0.0994 e. The highest BCUT2D eigenvalue weighted by Crippen LogP contribution is 2.18. The molecule has 0 saturated carbocycles. The van der Waals surface area contributed by atoms with E-state index in [-0.39, 0.29) is 0 Å². The summed E-state index contributed by atoms with van der Waals surface area (Å²) < 4.78 is 2.01. The van der Waals surface area contributed by atoms with Gasteiger partial charge in [0.1, 0.15) is 0 Å². The Hall–Kier alpha value is -1.81. The van der Waals surface area contributed by atoms with Crippen LogP contribution in [0, 0.1) is 0 Å². The summed E-state index contributed by atoms with van der Waals surface area (Å²) in [6, 6.07) is 8.27. The van der Waals surface area contributed by atoms with Gasteiger partial charge in [0, 0.05) is 38.2 Å². The Kier molecular flexibility index (Phi) is 2.92. The van der Waals surface area contributed by atoms with E-state index in [0.29, 0.717) is 6.54 Å². The minimum atomic E-state index is 0.492. The topological polar surface area (TPSA) is 47.1 Å². The molecular formula is C12H16N4. The van der Waals surface area contributed by atoms with Gasteiger partial charge in [-0.05, 0) is 18.2 Å². The van der Waals surface area contributed by atoms with Gasteiger partial charge in [0.25, 0.3) is 0 Å². The van der Waals surface area contributed by atoms with Crippen LogP contribution >= 0.6 is 0 Å². The molecule has 0 amide bonds. The fraction of sp³-hybridized carbons (Fsp3) is 0.250. The molecule has 2 rings (SSSR count). The second-order valence-electron chi connectivity index (χ2n) is 3.87. The Morgan fingerprint density at radius 2 is 2.19 bits per heavy atom. The van der Waals surface area contributed by atoms with Gasteiger partial charge in [-0.25, -0.2) is 4.98 Å². The van der Waals surface area contributed by atoms with Gasteiger partial charge in [-0.3, -0.25) is 0 Å². The highest BCUT2D eigenvalue weighted by molar-refractivity contribution is 5.52. The molecule has 1 aromatic carbocycles. The van der Waals surface area contributed by atoms with Crippen molar-refractivity contribution in [1.82, 2.24) is 9.55 Å². The zero-order valence-electron chi connectivity index (χ0n) is 9.59. The summed E-state index contributed by atoms with van der Waals surface area (Å²) in [6.45, 7) is 0.492. The van der Waals surface area contributed by atoms with Gasteiger partial charge in [0.05, 0.1) is 12.0 Å². The van der Waals surface area contributed by atoms with Crippen molar-refractivity contribution in [3.8, 4) is 5.69 Å². The lowest BCUT2D eigenvalue weighted by atomic mass is 10.2. The minimum Gasteiger partial charge on any atom is -0.378 e. The number of aromatic nitrogens is 2. The summed E-state index contributed by atoms with van der Waals surface area (Å²) in [7, 11) is 4.05. The first-order valence-corrected chi connectivity index (χ1v) is 5.21. The van der Waals surface area contributed by atoms with Gasteiger partial charge in [-0.2, -0.15) is 0 Å². The van der Waals surface area contributed by atoms with Gasteiger partial charge in [0.15, 0.2) is 0 Å². The number of imidazole rings is 1. The van der Waals surface area contributed by atoms with Crippen LogP contribution in [0.3, 0.4) is 0 Å². The first-order valence-electron chi connectivity index (χ1n) is 5.21. The molecule has 4 heteroatoms. The maximum absolute atomic E-state index is 5.66. The standard InChI is InChI=1S/C12H16N4/c1-15(2)10-4-3-5-11(6-10)16-9-14-8-12(16)7-13/h3-6,8-9H,7,13H2,1-2H3. The van der Waals surface area contributed by atoms with Crippen molar-refractivity contribution < 1.29 is 0 Å². The molecule has 0 atom stereocenters. The Morgan fingerprint density at radius 3 is 2.88 bits per heavy atom. The van der Waals surface area contributed by atoms with Gasteiger partial charge >= 0.3 is 0 Å². The first kappa shape index (κ1) is 10.7. The second-order valence-corrected chi connectivity index (χ2v) is 3.87. The van der Waals surface area contributed by atoms with Crippen molar-refractivity contribution in [1.29, 1.82) is 0 Å². The van der Waals surface area contributed by atoms with Crippen molar-refractivity contribution in [3.63, 3.8) is 0 Å². The Balaban J connectivity index is 2.44. The molecule has 2 N–H and O–H groups in total. The molecule has 0 aliphatic heterocycles. The van der Waals surface area contributed by atoms with Crippen LogP contribution in [0.1, 0.15) is 5.69 Å². The van der Waals surface area contributed by atoms with E-state index in [4.69, 9.17) is 5.73 Å². The van der Waals surface area contributed by atoms with Crippen LogP contribution in [-0.2, 0) is 6.54 Å². The average molecular weight is 216 g/mol. The van der Waals surface area contributed by atoms with E-state index in [9.17, 15) is 0 Å². The van der Waals surface area contributed by atoms with Crippen LogP contribution in [0.4, 0.5) is 5.69 Å².